The predicted octanol–water partition coefficient (Wildman–Crippen LogP) is 2.79. The fraction of sp³-hybridized carbons (Fsp3) is 0.474. The summed E-state index contributed by atoms with van der Waals surface area (Å²) in [6, 6.07) is 6.21. The van der Waals surface area contributed by atoms with Crippen LogP contribution in [-0.4, -0.2) is 64.0 Å². The third-order valence-electron chi connectivity index (χ3n) is 5.32. The van der Waals surface area contributed by atoms with Gasteiger partial charge >= 0.3 is 0 Å². The number of hydrogen-bond acceptors (Lipinski definition) is 7. The van der Waals surface area contributed by atoms with Crippen LogP contribution in [0.1, 0.15) is 6.42 Å². The smallest absolute Gasteiger partial charge is 0.241 e. The van der Waals surface area contributed by atoms with Crippen LogP contribution in [0.4, 0.5) is 5.82 Å². The number of halogens is 2. The lowest BCUT2D eigenvalue weighted by Crippen LogP contribution is -2.44. The van der Waals surface area contributed by atoms with Crippen molar-refractivity contribution in [3.63, 3.8) is 0 Å². The largest absolute Gasteiger partial charge is 0.360 e. The Morgan fingerprint density at radius 2 is 2.14 bits per heavy atom. The molecule has 1 aromatic heterocycles. The van der Waals surface area contributed by atoms with Crippen LogP contribution < -0.4 is 10.6 Å². The first-order valence-electron chi connectivity index (χ1n) is 9.40. The zero-order valence-corrected chi connectivity index (χ0v) is 17.9. The molecule has 152 valence electrons. The minimum absolute atomic E-state index is 0.0127. The molecule has 29 heavy (non-hydrogen) atoms. The minimum atomic E-state index is 0.0127. The quantitative estimate of drug-likeness (QED) is 0.722. The molecular formula is C19H20Cl2N6OS. The highest BCUT2D eigenvalue weighted by atomic mass is 35.5. The van der Waals surface area contributed by atoms with Crippen molar-refractivity contribution in [3.05, 3.63) is 28.5 Å². The third kappa shape index (κ3) is 4.53. The van der Waals surface area contributed by atoms with Gasteiger partial charge < -0.3 is 15.5 Å². The summed E-state index contributed by atoms with van der Waals surface area (Å²) in [5.41, 5.74) is 0.663. The molecule has 0 saturated carbocycles. The van der Waals surface area contributed by atoms with Crippen molar-refractivity contribution in [2.45, 2.75) is 18.5 Å². The van der Waals surface area contributed by atoms with Gasteiger partial charge in [0.05, 0.1) is 34.1 Å². The van der Waals surface area contributed by atoms with E-state index in [0.717, 1.165) is 23.3 Å². The number of nitrogens with zero attached hydrogens (tertiary/aromatic N) is 4. The number of carbonyl (C=O) groups is 1. The number of benzene rings is 1. The van der Waals surface area contributed by atoms with Gasteiger partial charge in [-0.05, 0) is 18.6 Å². The molecule has 2 fully saturated rings. The Kier molecular flexibility index (Phi) is 6.30. The molecule has 2 aliphatic rings. The van der Waals surface area contributed by atoms with E-state index in [1.54, 1.807) is 12.1 Å². The van der Waals surface area contributed by atoms with E-state index >= 15 is 0 Å². The number of fused-ring (bicyclic) bond motifs is 1. The maximum absolute atomic E-state index is 12.7. The second-order valence-corrected chi connectivity index (χ2v) is 9.12. The summed E-state index contributed by atoms with van der Waals surface area (Å²) in [4.78, 5) is 23.0. The van der Waals surface area contributed by atoms with Crippen molar-refractivity contribution in [1.82, 2.24) is 20.2 Å². The maximum atomic E-state index is 12.7. The minimum Gasteiger partial charge on any atom is -0.360 e. The number of amides is 1. The van der Waals surface area contributed by atoms with Gasteiger partial charge in [0.2, 0.25) is 5.91 Å². The van der Waals surface area contributed by atoms with Crippen molar-refractivity contribution in [1.29, 1.82) is 5.26 Å². The van der Waals surface area contributed by atoms with Gasteiger partial charge in [-0.3, -0.25) is 4.79 Å². The van der Waals surface area contributed by atoms with Crippen LogP contribution in [0.2, 0.25) is 10.0 Å². The SMILES string of the molecule is N#CC1CSCC1N[C@@H]1CCN(C(=O)CNc2ncnc3cc(Cl)c(Cl)cc23)C1. The summed E-state index contributed by atoms with van der Waals surface area (Å²) >= 11 is 14.0. The van der Waals surface area contributed by atoms with Gasteiger partial charge in [0.1, 0.15) is 12.1 Å². The van der Waals surface area contributed by atoms with E-state index in [-0.39, 0.29) is 30.5 Å². The highest BCUT2D eigenvalue weighted by Gasteiger charge is 2.33. The summed E-state index contributed by atoms with van der Waals surface area (Å²) in [6.07, 6.45) is 2.33. The second-order valence-electron chi connectivity index (χ2n) is 7.23. The van der Waals surface area contributed by atoms with Gasteiger partial charge in [-0.1, -0.05) is 23.2 Å². The molecule has 3 atom stereocenters. The number of hydrogen-bond donors (Lipinski definition) is 2. The Balaban J connectivity index is 1.34. The van der Waals surface area contributed by atoms with E-state index in [4.69, 9.17) is 23.2 Å². The van der Waals surface area contributed by atoms with Crippen LogP contribution in [0.25, 0.3) is 10.9 Å². The molecule has 2 saturated heterocycles. The summed E-state index contributed by atoms with van der Waals surface area (Å²) in [5.74, 6) is 2.46. The molecule has 7 nitrogen and oxygen atoms in total. The lowest BCUT2D eigenvalue weighted by atomic mass is 10.0. The molecule has 10 heteroatoms. The third-order valence-corrected chi connectivity index (χ3v) is 7.23. The molecule has 1 aromatic carbocycles. The maximum Gasteiger partial charge on any atom is 0.241 e. The van der Waals surface area contributed by atoms with Gasteiger partial charge in [-0.15, -0.1) is 0 Å². The number of likely N-dealkylation sites (tertiary alicyclic amines) is 1. The lowest BCUT2D eigenvalue weighted by molar-refractivity contribution is -0.128. The van der Waals surface area contributed by atoms with E-state index in [1.807, 2.05) is 16.7 Å². The number of anilines is 1. The van der Waals surface area contributed by atoms with Gasteiger partial charge in [-0.25, -0.2) is 9.97 Å². The second kappa shape index (κ2) is 8.92. The topological polar surface area (TPSA) is 93.9 Å². The molecule has 1 amide bonds. The number of rotatable bonds is 5. The number of carbonyl (C=O) groups excluding carboxylic acids is 1. The zero-order valence-electron chi connectivity index (χ0n) is 15.6. The van der Waals surface area contributed by atoms with Crippen molar-refractivity contribution < 1.29 is 4.79 Å². The molecule has 2 unspecified atom stereocenters. The highest BCUT2D eigenvalue weighted by molar-refractivity contribution is 7.99. The fourth-order valence-electron chi connectivity index (χ4n) is 3.73. The Morgan fingerprint density at radius 3 is 2.97 bits per heavy atom. The van der Waals surface area contributed by atoms with Crippen molar-refractivity contribution >= 4 is 57.6 Å². The summed E-state index contributed by atoms with van der Waals surface area (Å²) in [7, 11) is 0. The van der Waals surface area contributed by atoms with Crippen LogP contribution in [-0.2, 0) is 4.79 Å². The standard InChI is InChI=1S/C19H20Cl2N6OS/c20-14-3-13-16(4-15(14)21)24-10-25-19(13)23-6-18(28)27-2-1-12(7-27)26-17-9-29-8-11(17)5-22/h3-4,10-12,17,26H,1-2,6-9H2,(H,23,24,25)/t11?,12-,17?/m1/s1. The summed E-state index contributed by atoms with van der Waals surface area (Å²) in [5, 5.41) is 17.5. The first-order chi connectivity index (χ1) is 14.0. The van der Waals surface area contributed by atoms with Crippen molar-refractivity contribution in [3.8, 4) is 6.07 Å². The van der Waals surface area contributed by atoms with Crippen LogP contribution >= 0.6 is 35.0 Å². The van der Waals surface area contributed by atoms with Crippen LogP contribution in [0, 0.1) is 17.2 Å². The molecule has 0 spiro atoms. The van der Waals surface area contributed by atoms with E-state index in [2.05, 4.69) is 26.7 Å². The predicted molar refractivity (Wildman–Crippen MR) is 116 cm³/mol. The molecule has 3 heterocycles. The molecule has 2 aromatic rings. The van der Waals surface area contributed by atoms with Gasteiger partial charge in [-0.2, -0.15) is 17.0 Å². The molecule has 4 rings (SSSR count). The molecule has 2 aliphatic heterocycles. The monoisotopic (exact) mass is 450 g/mol. The van der Waals surface area contributed by atoms with E-state index in [9.17, 15) is 10.1 Å². The fourth-order valence-corrected chi connectivity index (χ4v) is 5.34. The Hall–Kier alpha value is -1.79. The first-order valence-corrected chi connectivity index (χ1v) is 11.3. The number of nitrogens with one attached hydrogen (secondary N) is 2. The average Bonchev–Trinajstić information content (AvgIpc) is 3.37. The van der Waals surface area contributed by atoms with Gasteiger partial charge in [0, 0.05) is 42.1 Å². The molecule has 0 radical (unpaired) electrons. The Labute approximate surface area is 183 Å². The van der Waals surface area contributed by atoms with Crippen LogP contribution in [0.3, 0.4) is 0 Å². The molecular weight excluding hydrogens is 431 g/mol. The first kappa shape index (κ1) is 20.5. The van der Waals surface area contributed by atoms with Crippen molar-refractivity contribution in [2.75, 3.05) is 36.5 Å². The Bertz CT molecular complexity index is 968. The lowest BCUT2D eigenvalue weighted by Gasteiger charge is -2.21. The van der Waals surface area contributed by atoms with Crippen molar-refractivity contribution in [2.24, 2.45) is 5.92 Å². The number of thioether (sulfide) groups is 1. The highest BCUT2D eigenvalue weighted by Crippen LogP contribution is 2.29. The Morgan fingerprint density at radius 1 is 1.31 bits per heavy atom. The summed E-state index contributed by atoms with van der Waals surface area (Å²) in [6.45, 7) is 1.51. The summed E-state index contributed by atoms with van der Waals surface area (Å²) < 4.78 is 0. The zero-order chi connectivity index (χ0) is 20.4. The average molecular weight is 451 g/mol. The molecule has 0 aliphatic carbocycles. The normalized spacial score (nSPS) is 24.0. The molecule has 2 N–H and O–H groups in total. The van der Waals surface area contributed by atoms with E-state index < -0.39 is 0 Å². The van der Waals surface area contributed by atoms with E-state index in [1.165, 1.54) is 6.33 Å². The van der Waals surface area contributed by atoms with E-state index in [0.29, 0.717) is 34.5 Å². The number of aromatic nitrogens is 2. The van der Waals surface area contributed by atoms with Gasteiger partial charge in [0.15, 0.2) is 0 Å². The van der Waals surface area contributed by atoms with Crippen LogP contribution in [0.15, 0.2) is 18.5 Å². The number of nitriles is 1. The van der Waals surface area contributed by atoms with Crippen LogP contribution in [0.5, 0.6) is 0 Å². The van der Waals surface area contributed by atoms with Gasteiger partial charge in [0.25, 0.3) is 0 Å². The molecule has 0 bridgehead atoms.